The molecule has 3 N–H and O–H groups in total. The zero-order valence-electron chi connectivity index (χ0n) is 14.7. The van der Waals surface area contributed by atoms with Crippen molar-refractivity contribution in [3.8, 4) is 0 Å². The average Bonchev–Trinajstić information content (AvgIpc) is 3.21. The molecule has 0 aliphatic carbocycles. The van der Waals surface area contributed by atoms with Crippen molar-refractivity contribution >= 4 is 11.9 Å². The van der Waals surface area contributed by atoms with E-state index in [4.69, 9.17) is 5.73 Å². The summed E-state index contributed by atoms with van der Waals surface area (Å²) in [5.41, 5.74) is 7.15. The molecule has 3 rings (SSSR count). The fourth-order valence-corrected chi connectivity index (χ4v) is 3.61. The van der Waals surface area contributed by atoms with Crippen molar-refractivity contribution in [2.45, 2.75) is 31.7 Å². The minimum atomic E-state index is -0.193. The molecule has 2 heterocycles. The molecule has 0 bridgehead atoms. The number of hydrogen-bond acceptors (Lipinski definition) is 3. The summed E-state index contributed by atoms with van der Waals surface area (Å²) >= 11 is 0. The van der Waals surface area contributed by atoms with E-state index in [0.717, 1.165) is 44.3 Å². The molecule has 6 heteroatoms. The number of nitrogens with one attached hydrogen (secondary N) is 1. The number of nitrogens with two attached hydrogens (primary N) is 1. The Balaban J connectivity index is 1.41. The Bertz CT molecular complexity index is 578. The normalized spacial score (nSPS) is 19.7. The van der Waals surface area contributed by atoms with Crippen LogP contribution in [0.25, 0.3) is 0 Å². The summed E-state index contributed by atoms with van der Waals surface area (Å²) < 4.78 is 0. The summed E-state index contributed by atoms with van der Waals surface area (Å²) in [6.07, 6.45) is 3.66. The monoisotopic (exact) mass is 344 g/mol. The third kappa shape index (κ3) is 4.51. The van der Waals surface area contributed by atoms with Gasteiger partial charge in [0.15, 0.2) is 0 Å². The smallest absolute Gasteiger partial charge is 0.319 e. The number of piperidine rings is 1. The average molecular weight is 344 g/mol. The maximum absolute atomic E-state index is 12.4. The fraction of sp³-hybridized carbons (Fsp3) is 0.579. The van der Waals surface area contributed by atoms with Crippen LogP contribution in [0.15, 0.2) is 30.3 Å². The molecular weight excluding hydrogens is 316 g/mol. The van der Waals surface area contributed by atoms with Crippen LogP contribution in [-0.4, -0.2) is 54.5 Å². The van der Waals surface area contributed by atoms with Gasteiger partial charge in [0.1, 0.15) is 0 Å². The number of carbonyl (C=O) groups is 2. The molecule has 2 aliphatic heterocycles. The summed E-state index contributed by atoms with van der Waals surface area (Å²) in [6.45, 7) is 3.51. The highest BCUT2D eigenvalue weighted by Gasteiger charge is 2.30. The molecule has 6 nitrogen and oxygen atoms in total. The molecule has 3 amide bonds. The Morgan fingerprint density at radius 1 is 1.04 bits per heavy atom. The fourth-order valence-electron chi connectivity index (χ4n) is 3.61. The lowest BCUT2D eigenvalue weighted by atomic mass is 9.96. The van der Waals surface area contributed by atoms with E-state index >= 15 is 0 Å². The molecule has 25 heavy (non-hydrogen) atoms. The molecule has 2 aliphatic rings. The molecule has 2 saturated heterocycles. The van der Waals surface area contributed by atoms with Crippen molar-refractivity contribution in [1.82, 2.24) is 15.1 Å². The molecule has 2 fully saturated rings. The number of nitrogens with zero attached hydrogens (tertiary/aromatic N) is 2. The first-order valence-corrected chi connectivity index (χ1v) is 9.27. The van der Waals surface area contributed by atoms with E-state index in [9.17, 15) is 9.59 Å². The Labute approximate surface area is 149 Å². The van der Waals surface area contributed by atoms with Gasteiger partial charge in [-0.3, -0.25) is 4.79 Å². The second-order valence-corrected chi connectivity index (χ2v) is 7.00. The van der Waals surface area contributed by atoms with Gasteiger partial charge in [0.2, 0.25) is 5.91 Å². The lowest BCUT2D eigenvalue weighted by molar-refractivity contribution is -0.126. The summed E-state index contributed by atoms with van der Waals surface area (Å²) in [6, 6.07) is 9.74. The summed E-state index contributed by atoms with van der Waals surface area (Å²) in [5, 5.41) is 2.97. The van der Waals surface area contributed by atoms with E-state index in [1.54, 1.807) is 0 Å². The van der Waals surface area contributed by atoms with Crippen molar-refractivity contribution in [2.75, 3.05) is 32.7 Å². The van der Waals surface area contributed by atoms with Gasteiger partial charge < -0.3 is 20.9 Å². The van der Waals surface area contributed by atoms with E-state index in [1.165, 1.54) is 0 Å². The van der Waals surface area contributed by atoms with Crippen LogP contribution < -0.4 is 11.1 Å². The molecule has 136 valence electrons. The van der Waals surface area contributed by atoms with Gasteiger partial charge >= 0.3 is 6.03 Å². The van der Waals surface area contributed by atoms with E-state index in [2.05, 4.69) is 5.32 Å². The number of rotatable bonds is 4. The Kier molecular flexibility index (Phi) is 5.91. The van der Waals surface area contributed by atoms with Crippen LogP contribution in [0, 0.1) is 5.92 Å². The second kappa shape index (κ2) is 8.34. The number of carbonyl (C=O) groups excluding carboxylic acids is 2. The van der Waals surface area contributed by atoms with Gasteiger partial charge in [-0.1, -0.05) is 30.3 Å². The summed E-state index contributed by atoms with van der Waals surface area (Å²) in [7, 11) is 0. The van der Waals surface area contributed by atoms with E-state index in [1.807, 2.05) is 40.1 Å². The topological polar surface area (TPSA) is 78.7 Å². The lowest BCUT2D eigenvalue weighted by Gasteiger charge is -2.34. The highest BCUT2D eigenvalue weighted by atomic mass is 16.2. The zero-order chi connectivity index (χ0) is 17.6. The third-order valence-electron chi connectivity index (χ3n) is 5.24. The van der Waals surface area contributed by atoms with Crippen LogP contribution in [-0.2, 0) is 4.79 Å². The summed E-state index contributed by atoms with van der Waals surface area (Å²) in [4.78, 5) is 28.6. The number of hydrogen-bond donors (Lipinski definition) is 2. The molecule has 0 saturated carbocycles. The molecule has 1 unspecified atom stereocenters. The Morgan fingerprint density at radius 2 is 1.64 bits per heavy atom. The van der Waals surface area contributed by atoms with Crippen molar-refractivity contribution in [2.24, 2.45) is 11.7 Å². The molecule has 0 spiro atoms. The standard InChI is InChI=1S/C19H28N4O2/c20-17(15-6-2-1-3-7-15)14-21-18(24)16-8-12-23(13-9-16)19(25)22-10-4-5-11-22/h1-3,6-7,16-17H,4-5,8-14,20H2,(H,21,24). The maximum Gasteiger partial charge on any atom is 0.319 e. The highest BCUT2D eigenvalue weighted by Crippen LogP contribution is 2.20. The lowest BCUT2D eigenvalue weighted by Crippen LogP contribution is -2.48. The summed E-state index contributed by atoms with van der Waals surface area (Å²) in [5.74, 6) is 0.0326. The predicted molar refractivity (Wildman–Crippen MR) is 96.9 cm³/mol. The van der Waals surface area contributed by atoms with Crippen molar-refractivity contribution in [1.29, 1.82) is 0 Å². The largest absolute Gasteiger partial charge is 0.354 e. The number of urea groups is 1. The second-order valence-electron chi connectivity index (χ2n) is 7.00. The van der Waals surface area contributed by atoms with Crippen LogP contribution in [0.5, 0.6) is 0 Å². The molecule has 0 radical (unpaired) electrons. The van der Waals surface area contributed by atoms with Crippen molar-refractivity contribution in [3.63, 3.8) is 0 Å². The number of amides is 3. The minimum absolute atomic E-state index is 0.0226. The molecule has 0 aromatic heterocycles. The zero-order valence-corrected chi connectivity index (χ0v) is 14.7. The Morgan fingerprint density at radius 3 is 2.28 bits per heavy atom. The highest BCUT2D eigenvalue weighted by molar-refractivity contribution is 5.79. The van der Waals surface area contributed by atoms with Gasteiger partial charge in [-0.15, -0.1) is 0 Å². The van der Waals surface area contributed by atoms with Gasteiger partial charge in [0.05, 0.1) is 0 Å². The first-order valence-electron chi connectivity index (χ1n) is 9.27. The number of likely N-dealkylation sites (tertiary alicyclic amines) is 2. The predicted octanol–water partition coefficient (Wildman–Crippen LogP) is 1.73. The van der Waals surface area contributed by atoms with Crippen LogP contribution in [0.4, 0.5) is 4.79 Å². The number of benzene rings is 1. The minimum Gasteiger partial charge on any atom is -0.354 e. The molecule has 1 aromatic carbocycles. The first-order chi connectivity index (χ1) is 12.1. The quantitative estimate of drug-likeness (QED) is 0.873. The van der Waals surface area contributed by atoms with Crippen molar-refractivity contribution in [3.05, 3.63) is 35.9 Å². The third-order valence-corrected chi connectivity index (χ3v) is 5.24. The van der Waals surface area contributed by atoms with Crippen LogP contribution in [0.3, 0.4) is 0 Å². The van der Waals surface area contributed by atoms with Crippen LogP contribution in [0.2, 0.25) is 0 Å². The van der Waals surface area contributed by atoms with E-state index < -0.39 is 0 Å². The van der Waals surface area contributed by atoms with Crippen molar-refractivity contribution < 1.29 is 9.59 Å². The van der Waals surface area contributed by atoms with E-state index in [0.29, 0.717) is 19.6 Å². The SMILES string of the molecule is NC(CNC(=O)C1CCN(C(=O)N2CCCC2)CC1)c1ccccc1. The van der Waals surface area contributed by atoms with E-state index in [-0.39, 0.29) is 23.9 Å². The molecule has 1 atom stereocenters. The maximum atomic E-state index is 12.4. The van der Waals surface area contributed by atoms with Crippen LogP contribution in [0.1, 0.15) is 37.3 Å². The van der Waals surface area contributed by atoms with Gasteiger partial charge in [-0.2, -0.15) is 0 Å². The van der Waals surface area contributed by atoms with Gasteiger partial charge in [0.25, 0.3) is 0 Å². The van der Waals surface area contributed by atoms with Gasteiger partial charge in [-0.05, 0) is 31.2 Å². The molecule has 1 aromatic rings. The first kappa shape index (κ1) is 17.7. The van der Waals surface area contributed by atoms with Crippen LogP contribution >= 0.6 is 0 Å². The van der Waals surface area contributed by atoms with Gasteiger partial charge in [0, 0.05) is 44.7 Å². The van der Waals surface area contributed by atoms with Gasteiger partial charge in [-0.25, -0.2) is 4.79 Å². The Hall–Kier alpha value is -2.08. The molecular formula is C19H28N4O2.